The number of hydrogen-bond acceptors (Lipinski definition) is 4. The second kappa shape index (κ2) is 7.37. The first-order valence-corrected chi connectivity index (χ1v) is 5.12. The molecule has 1 aromatic carbocycles. The van der Waals surface area contributed by atoms with Gasteiger partial charge in [-0.2, -0.15) is 0 Å². The highest BCUT2D eigenvalue weighted by molar-refractivity contribution is 6.30. The fourth-order valence-corrected chi connectivity index (χ4v) is 1.55. The van der Waals surface area contributed by atoms with Crippen LogP contribution >= 0.6 is 24.0 Å². The number of halogens is 2. The predicted octanol–water partition coefficient (Wildman–Crippen LogP) is 2.33. The van der Waals surface area contributed by atoms with Gasteiger partial charge in [0.15, 0.2) is 0 Å². The van der Waals surface area contributed by atoms with Crippen molar-refractivity contribution in [2.24, 2.45) is 5.73 Å². The van der Waals surface area contributed by atoms with Crippen molar-refractivity contribution in [1.82, 2.24) is 0 Å². The predicted molar refractivity (Wildman–Crippen MR) is 68.8 cm³/mol. The number of esters is 1. The van der Waals surface area contributed by atoms with E-state index in [1.54, 1.807) is 18.2 Å². The minimum Gasteiger partial charge on any atom is -0.496 e. The molecule has 0 aromatic heterocycles. The number of carbonyl (C=O) groups excluding carboxylic acids is 1. The maximum Gasteiger partial charge on any atom is 0.307 e. The van der Waals surface area contributed by atoms with E-state index >= 15 is 0 Å². The molecule has 1 rings (SSSR count). The van der Waals surface area contributed by atoms with Crippen molar-refractivity contribution < 1.29 is 14.3 Å². The molecular formula is C11H15Cl2NO3. The molecule has 96 valence electrons. The highest BCUT2D eigenvalue weighted by Gasteiger charge is 2.16. The normalized spacial score (nSPS) is 11.3. The van der Waals surface area contributed by atoms with Gasteiger partial charge in [-0.05, 0) is 18.2 Å². The first-order chi connectivity index (χ1) is 7.58. The largest absolute Gasteiger partial charge is 0.496 e. The van der Waals surface area contributed by atoms with Crippen LogP contribution in [0.3, 0.4) is 0 Å². The topological polar surface area (TPSA) is 61.5 Å². The Labute approximate surface area is 111 Å². The van der Waals surface area contributed by atoms with Crippen molar-refractivity contribution >= 4 is 30.0 Å². The maximum absolute atomic E-state index is 11.1. The zero-order valence-electron chi connectivity index (χ0n) is 9.60. The Hall–Kier alpha value is -0.970. The second-order valence-electron chi connectivity index (χ2n) is 3.27. The quantitative estimate of drug-likeness (QED) is 0.860. The van der Waals surface area contributed by atoms with E-state index in [9.17, 15) is 4.79 Å². The zero-order chi connectivity index (χ0) is 12.1. The second-order valence-corrected chi connectivity index (χ2v) is 3.71. The lowest BCUT2D eigenvalue weighted by atomic mass is 10.0. The average molecular weight is 280 g/mol. The minimum atomic E-state index is -0.485. The van der Waals surface area contributed by atoms with Crippen LogP contribution in [0.5, 0.6) is 5.75 Å². The molecule has 0 fully saturated rings. The Balaban J connectivity index is 0.00000256. The van der Waals surface area contributed by atoms with Crippen LogP contribution in [-0.2, 0) is 9.53 Å². The number of nitrogens with two attached hydrogens (primary N) is 1. The summed E-state index contributed by atoms with van der Waals surface area (Å²) in [7, 11) is 2.86. The average Bonchev–Trinajstić information content (AvgIpc) is 2.28. The van der Waals surface area contributed by atoms with E-state index in [1.165, 1.54) is 14.2 Å². The molecule has 0 aliphatic carbocycles. The summed E-state index contributed by atoms with van der Waals surface area (Å²) in [6.45, 7) is 0. The van der Waals surface area contributed by atoms with Gasteiger partial charge in [-0.25, -0.2) is 0 Å². The molecule has 1 atom stereocenters. The summed E-state index contributed by atoms with van der Waals surface area (Å²) >= 11 is 5.86. The molecule has 0 unspecified atom stereocenters. The molecule has 0 aliphatic rings. The first-order valence-electron chi connectivity index (χ1n) is 4.74. The van der Waals surface area contributed by atoms with Crippen molar-refractivity contribution in [3.63, 3.8) is 0 Å². The van der Waals surface area contributed by atoms with Crippen LogP contribution < -0.4 is 10.5 Å². The number of ether oxygens (including phenoxy) is 2. The fourth-order valence-electron chi connectivity index (χ4n) is 1.37. The van der Waals surface area contributed by atoms with Crippen LogP contribution in [0.4, 0.5) is 0 Å². The van der Waals surface area contributed by atoms with E-state index in [0.29, 0.717) is 16.3 Å². The van der Waals surface area contributed by atoms with Crippen LogP contribution in [-0.4, -0.2) is 20.2 Å². The third kappa shape index (κ3) is 4.42. The number of methoxy groups -OCH3 is 2. The molecule has 0 saturated carbocycles. The lowest BCUT2D eigenvalue weighted by molar-refractivity contribution is -0.141. The Kier molecular flexibility index (Phi) is 6.95. The zero-order valence-corrected chi connectivity index (χ0v) is 11.2. The van der Waals surface area contributed by atoms with Crippen LogP contribution in [0.2, 0.25) is 5.02 Å². The number of hydrogen-bond donors (Lipinski definition) is 1. The van der Waals surface area contributed by atoms with Gasteiger partial charge in [-0.15, -0.1) is 12.4 Å². The summed E-state index contributed by atoms with van der Waals surface area (Å²) in [5, 5.41) is 0.552. The molecule has 0 spiro atoms. The SMILES string of the molecule is COC(=O)C[C@H](N)c1cc(Cl)ccc1OC.Cl. The van der Waals surface area contributed by atoms with Crippen molar-refractivity contribution in [3.05, 3.63) is 28.8 Å². The molecule has 6 heteroatoms. The van der Waals surface area contributed by atoms with Crippen molar-refractivity contribution in [3.8, 4) is 5.75 Å². The molecule has 0 saturated heterocycles. The standard InChI is InChI=1S/C11H14ClNO3.ClH/c1-15-10-4-3-7(12)5-8(10)9(13)6-11(14)16-2;/h3-5,9H,6,13H2,1-2H3;1H/t9-;/m0./s1. The smallest absolute Gasteiger partial charge is 0.307 e. The summed E-state index contributed by atoms with van der Waals surface area (Å²) < 4.78 is 9.70. The van der Waals surface area contributed by atoms with E-state index in [0.717, 1.165) is 0 Å². The number of benzene rings is 1. The Morgan fingerprint density at radius 2 is 2.12 bits per heavy atom. The van der Waals surface area contributed by atoms with Gasteiger partial charge >= 0.3 is 5.97 Å². The molecule has 0 radical (unpaired) electrons. The molecule has 17 heavy (non-hydrogen) atoms. The third-order valence-corrected chi connectivity index (χ3v) is 2.44. The molecule has 0 aliphatic heterocycles. The molecule has 0 bridgehead atoms. The van der Waals surface area contributed by atoms with Gasteiger partial charge in [0.1, 0.15) is 5.75 Å². The monoisotopic (exact) mass is 279 g/mol. The van der Waals surface area contributed by atoms with E-state index in [-0.39, 0.29) is 24.8 Å². The molecule has 4 nitrogen and oxygen atoms in total. The lowest BCUT2D eigenvalue weighted by Crippen LogP contribution is -2.17. The summed E-state index contributed by atoms with van der Waals surface area (Å²) in [4.78, 5) is 11.1. The molecule has 0 heterocycles. The number of carbonyl (C=O) groups is 1. The molecular weight excluding hydrogens is 265 g/mol. The Morgan fingerprint density at radius 3 is 2.65 bits per heavy atom. The van der Waals surface area contributed by atoms with E-state index in [2.05, 4.69) is 4.74 Å². The minimum absolute atomic E-state index is 0. The van der Waals surface area contributed by atoms with Gasteiger partial charge < -0.3 is 15.2 Å². The molecule has 0 amide bonds. The van der Waals surface area contributed by atoms with Gasteiger partial charge in [0.05, 0.1) is 20.6 Å². The van der Waals surface area contributed by atoms with Crippen molar-refractivity contribution in [1.29, 1.82) is 0 Å². The first kappa shape index (κ1) is 16.0. The maximum atomic E-state index is 11.1. The number of rotatable bonds is 4. The lowest BCUT2D eigenvalue weighted by Gasteiger charge is -2.14. The summed E-state index contributed by atoms with van der Waals surface area (Å²) in [5.41, 5.74) is 6.57. The van der Waals surface area contributed by atoms with Gasteiger partial charge in [-0.3, -0.25) is 4.79 Å². The molecule has 1 aromatic rings. The Morgan fingerprint density at radius 1 is 1.47 bits per heavy atom. The van der Waals surface area contributed by atoms with Gasteiger partial charge in [0, 0.05) is 16.6 Å². The van der Waals surface area contributed by atoms with E-state index < -0.39 is 6.04 Å². The highest BCUT2D eigenvalue weighted by atomic mass is 35.5. The summed E-state index contributed by atoms with van der Waals surface area (Å²) in [6.07, 6.45) is 0.0905. The van der Waals surface area contributed by atoms with Gasteiger partial charge in [0.25, 0.3) is 0 Å². The van der Waals surface area contributed by atoms with E-state index in [1.807, 2.05) is 0 Å². The summed E-state index contributed by atoms with van der Waals surface area (Å²) in [5.74, 6) is 0.246. The van der Waals surface area contributed by atoms with Crippen molar-refractivity contribution in [2.45, 2.75) is 12.5 Å². The van der Waals surface area contributed by atoms with Crippen LogP contribution in [0.15, 0.2) is 18.2 Å². The van der Waals surface area contributed by atoms with Crippen LogP contribution in [0.25, 0.3) is 0 Å². The molecule has 2 N–H and O–H groups in total. The third-order valence-electron chi connectivity index (χ3n) is 2.21. The fraction of sp³-hybridized carbons (Fsp3) is 0.364. The highest BCUT2D eigenvalue weighted by Crippen LogP contribution is 2.28. The summed E-state index contributed by atoms with van der Waals surface area (Å²) in [6, 6.07) is 4.62. The van der Waals surface area contributed by atoms with Crippen molar-refractivity contribution in [2.75, 3.05) is 14.2 Å². The van der Waals surface area contributed by atoms with Crippen LogP contribution in [0, 0.1) is 0 Å². The van der Waals surface area contributed by atoms with Gasteiger partial charge in [-0.1, -0.05) is 11.6 Å². The van der Waals surface area contributed by atoms with Crippen LogP contribution in [0.1, 0.15) is 18.0 Å². The van der Waals surface area contributed by atoms with E-state index in [4.69, 9.17) is 22.1 Å². The van der Waals surface area contributed by atoms with Gasteiger partial charge in [0.2, 0.25) is 0 Å². The Bertz CT molecular complexity index is 385.